The number of anilines is 1. The second kappa shape index (κ2) is 9.23. The van der Waals surface area contributed by atoms with Gasteiger partial charge >= 0.3 is 0 Å². The molecule has 0 bridgehead atoms. The molecule has 1 fully saturated rings. The van der Waals surface area contributed by atoms with Crippen LogP contribution < -0.4 is 10.1 Å². The van der Waals surface area contributed by atoms with Crippen LogP contribution in [-0.4, -0.2) is 43.3 Å². The fourth-order valence-corrected chi connectivity index (χ4v) is 5.96. The lowest BCUT2D eigenvalue weighted by atomic mass is 9.95. The van der Waals surface area contributed by atoms with Crippen LogP contribution in [0, 0.1) is 13.8 Å². The maximum absolute atomic E-state index is 13.4. The lowest BCUT2D eigenvalue weighted by molar-refractivity contribution is -0.116. The summed E-state index contributed by atoms with van der Waals surface area (Å²) in [5.41, 5.74) is 0.861. The van der Waals surface area contributed by atoms with Crippen LogP contribution in [0.25, 0.3) is 0 Å². The van der Waals surface area contributed by atoms with Gasteiger partial charge in [-0.15, -0.1) is 11.3 Å². The third-order valence-corrected chi connectivity index (χ3v) is 8.12. The molecule has 0 spiro atoms. The summed E-state index contributed by atoms with van der Waals surface area (Å²) in [7, 11) is -2.28. The molecule has 1 aliphatic rings. The number of rotatable bonds is 7. The van der Waals surface area contributed by atoms with Crippen LogP contribution in [0.1, 0.15) is 42.7 Å². The van der Waals surface area contributed by atoms with E-state index in [4.69, 9.17) is 4.74 Å². The van der Waals surface area contributed by atoms with Gasteiger partial charge in [-0.25, -0.2) is 13.4 Å². The van der Waals surface area contributed by atoms with Crippen molar-refractivity contribution in [3.05, 3.63) is 34.8 Å². The summed E-state index contributed by atoms with van der Waals surface area (Å²) in [5, 5.41) is 3.25. The van der Waals surface area contributed by atoms with Gasteiger partial charge in [-0.1, -0.05) is 19.3 Å². The first-order valence-corrected chi connectivity index (χ1v) is 12.0. The van der Waals surface area contributed by atoms with Crippen LogP contribution in [0.2, 0.25) is 0 Å². The van der Waals surface area contributed by atoms with E-state index in [1.165, 1.54) is 34.9 Å². The molecule has 1 heterocycles. The van der Waals surface area contributed by atoms with Crippen LogP contribution in [0.3, 0.4) is 0 Å². The van der Waals surface area contributed by atoms with Gasteiger partial charge in [-0.3, -0.25) is 4.79 Å². The van der Waals surface area contributed by atoms with Gasteiger partial charge in [-0.2, -0.15) is 4.31 Å². The summed E-state index contributed by atoms with van der Waals surface area (Å²) in [4.78, 5) is 18.2. The molecule has 29 heavy (non-hydrogen) atoms. The van der Waals surface area contributed by atoms with Gasteiger partial charge in [0.15, 0.2) is 5.13 Å². The van der Waals surface area contributed by atoms with Crippen molar-refractivity contribution in [3.8, 4) is 5.75 Å². The molecule has 9 heteroatoms. The molecular weight excluding hydrogens is 410 g/mol. The number of nitrogens with zero attached hydrogens (tertiary/aromatic N) is 2. The summed E-state index contributed by atoms with van der Waals surface area (Å²) in [6.45, 7) is 3.59. The van der Waals surface area contributed by atoms with Gasteiger partial charge in [0.25, 0.3) is 0 Å². The van der Waals surface area contributed by atoms with E-state index in [-0.39, 0.29) is 23.4 Å². The first-order valence-electron chi connectivity index (χ1n) is 9.71. The Labute approximate surface area is 176 Å². The van der Waals surface area contributed by atoms with Crippen molar-refractivity contribution in [2.75, 3.05) is 19.0 Å². The molecule has 7 nitrogen and oxygen atoms in total. The zero-order chi connectivity index (χ0) is 21.0. The smallest absolute Gasteiger partial charge is 0.243 e. The van der Waals surface area contributed by atoms with Gasteiger partial charge in [0, 0.05) is 10.9 Å². The number of benzene rings is 1. The first-order chi connectivity index (χ1) is 13.8. The second-order valence-electron chi connectivity index (χ2n) is 7.23. The number of aromatic nitrogens is 1. The van der Waals surface area contributed by atoms with Gasteiger partial charge in [-0.05, 0) is 51.0 Å². The van der Waals surface area contributed by atoms with Crippen molar-refractivity contribution in [3.63, 3.8) is 0 Å². The van der Waals surface area contributed by atoms with E-state index in [0.29, 0.717) is 10.9 Å². The maximum atomic E-state index is 13.4. The Balaban J connectivity index is 1.83. The summed E-state index contributed by atoms with van der Waals surface area (Å²) in [6, 6.07) is 6.10. The number of aryl methyl sites for hydroxylation is 2. The standard InChI is InChI=1S/C20H27N3O4S2/c1-14-15(2)28-20(21-14)22-19(24)13-23(16-7-5-4-6-8-16)29(25,26)18-11-9-17(27-3)10-12-18/h9-12,16H,4-8,13H2,1-3H3,(H,21,22,24). The molecule has 3 rings (SSSR count). The number of methoxy groups -OCH3 is 1. The van der Waals surface area contributed by atoms with Crippen LogP contribution in [0.5, 0.6) is 5.75 Å². The molecule has 158 valence electrons. The molecule has 1 aliphatic carbocycles. The van der Waals surface area contributed by atoms with E-state index in [9.17, 15) is 13.2 Å². The van der Waals surface area contributed by atoms with Crippen molar-refractivity contribution in [1.29, 1.82) is 0 Å². The average molecular weight is 438 g/mol. The number of hydrogen-bond donors (Lipinski definition) is 1. The molecular formula is C20H27N3O4S2. The van der Waals surface area contributed by atoms with Crippen molar-refractivity contribution >= 4 is 32.4 Å². The highest BCUT2D eigenvalue weighted by Gasteiger charge is 2.34. The SMILES string of the molecule is COc1ccc(S(=O)(=O)N(CC(=O)Nc2nc(C)c(C)s2)C2CCCCC2)cc1. The van der Waals surface area contributed by atoms with Gasteiger partial charge in [0.05, 0.1) is 24.2 Å². The molecule has 0 aliphatic heterocycles. The molecule has 0 saturated heterocycles. The molecule has 0 unspecified atom stereocenters. The Kier molecular flexibility index (Phi) is 6.92. The van der Waals surface area contributed by atoms with E-state index >= 15 is 0 Å². The number of amides is 1. The Hall–Kier alpha value is -1.97. The number of hydrogen-bond acceptors (Lipinski definition) is 6. The number of ether oxygens (including phenoxy) is 1. The summed E-state index contributed by atoms with van der Waals surface area (Å²) in [5.74, 6) is 0.210. The first kappa shape index (κ1) is 21.7. The number of carbonyl (C=O) groups excluding carboxylic acids is 1. The fourth-order valence-electron chi connectivity index (χ4n) is 3.49. The van der Waals surface area contributed by atoms with Gasteiger partial charge in [0.1, 0.15) is 5.75 Å². The number of thiazole rings is 1. The lowest BCUT2D eigenvalue weighted by Crippen LogP contribution is -2.45. The highest BCUT2D eigenvalue weighted by atomic mass is 32.2. The highest BCUT2D eigenvalue weighted by molar-refractivity contribution is 7.89. The summed E-state index contributed by atoms with van der Waals surface area (Å²) >= 11 is 1.39. The predicted octanol–water partition coefficient (Wildman–Crippen LogP) is 3.73. The van der Waals surface area contributed by atoms with E-state index in [2.05, 4.69) is 10.3 Å². The van der Waals surface area contributed by atoms with E-state index < -0.39 is 10.0 Å². The molecule has 1 amide bonds. The fraction of sp³-hybridized carbons (Fsp3) is 0.500. The van der Waals surface area contributed by atoms with E-state index in [1.54, 1.807) is 12.1 Å². The molecule has 2 aromatic rings. The van der Waals surface area contributed by atoms with Gasteiger partial charge < -0.3 is 10.1 Å². The second-order valence-corrected chi connectivity index (χ2v) is 10.3. The quantitative estimate of drug-likeness (QED) is 0.713. The highest BCUT2D eigenvalue weighted by Crippen LogP contribution is 2.29. The van der Waals surface area contributed by atoms with Crippen LogP contribution in [-0.2, 0) is 14.8 Å². The van der Waals surface area contributed by atoms with Crippen molar-refractivity contribution in [2.24, 2.45) is 0 Å². The predicted molar refractivity (Wildman–Crippen MR) is 114 cm³/mol. The Morgan fingerprint density at radius 3 is 2.41 bits per heavy atom. The van der Waals surface area contributed by atoms with Crippen LogP contribution >= 0.6 is 11.3 Å². The zero-order valence-electron chi connectivity index (χ0n) is 17.0. The minimum atomic E-state index is -3.82. The number of carbonyl (C=O) groups is 1. The molecule has 0 radical (unpaired) electrons. The number of nitrogens with one attached hydrogen (secondary N) is 1. The zero-order valence-corrected chi connectivity index (χ0v) is 18.6. The average Bonchev–Trinajstić information content (AvgIpc) is 3.03. The van der Waals surface area contributed by atoms with Gasteiger partial charge in [0.2, 0.25) is 15.9 Å². The minimum Gasteiger partial charge on any atom is -0.497 e. The molecule has 1 saturated carbocycles. The monoisotopic (exact) mass is 437 g/mol. The molecule has 1 aromatic heterocycles. The van der Waals surface area contributed by atoms with Crippen LogP contribution in [0.4, 0.5) is 5.13 Å². The molecule has 1 N–H and O–H groups in total. The Bertz CT molecular complexity index is 929. The van der Waals surface area contributed by atoms with Crippen molar-refractivity contribution < 1.29 is 17.9 Å². The third kappa shape index (κ3) is 5.15. The van der Waals surface area contributed by atoms with E-state index in [0.717, 1.165) is 42.7 Å². The summed E-state index contributed by atoms with van der Waals surface area (Å²) < 4.78 is 33.2. The topological polar surface area (TPSA) is 88.6 Å². The Morgan fingerprint density at radius 2 is 1.86 bits per heavy atom. The minimum absolute atomic E-state index is 0.164. The largest absolute Gasteiger partial charge is 0.497 e. The summed E-state index contributed by atoms with van der Waals surface area (Å²) in [6.07, 6.45) is 4.55. The molecule has 1 aromatic carbocycles. The third-order valence-electron chi connectivity index (χ3n) is 5.22. The van der Waals surface area contributed by atoms with Crippen molar-refractivity contribution in [2.45, 2.75) is 56.9 Å². The Morgan fingerprint density at radius 1 is 1.21 bits per heavy atom. The lowest BCUT2D eigenvalue weighted by Gasteiger charge is -2.33. The van der Waals surface area contributed by atoms with E-state index in [1.807, 2.05) is 13.8 Å². The molecule has 0 atom stereocenters. The van der Waals surface area contributed by atoms with Crippen LogP contribution in [0.15, 0.2) is 29.2 Å². The van der Waals surface area contributed by atoms with Crippen molar-refractivity contribution in [1.82, 2.24) is 9.29 Å². The number of sulfonamides is 1. The maximum Gasteiger partial charge on any atom is 0.243 e. The normalized spacial score (nSPS) is 15.4.